The Hall–Kier alpha value is -0.620. The number of esters is 1. The van der Waals surface area contributed by atoms with E-state index in [0.717, 1.165) is 6.26 Å². The first-order valence-corrected chi connectivity index (χ1v) is 6.81. The summed E-state index contributed by atoms with van der Waals surface area (Å²) in [6, 6.07) is 0. The van der Waals surface area contributed by atoms with Crippen molar-refractivity contribution >= 4 is 16.0 Å². The van der Waals surface area contributed by atoms with Gasteiger partial charge in [-0.2, -0.15) is 0 Å². The summed E-state index contributed by atoms with van der Waals surface area (Å²) in [4.78, 5) is 11.5. The molecule has 0 aromatic rings. The number of hydrogen-bond acceptors (Lipinski definition) is 4. The summed E-state index contributed by atoms with van der Waals surface area (Å²) >= 11 is 0. The highest BCUT2D eigenvalue weighted by Gasteiger charge is 2.34. The summed E-state index contributed by atoms with van der Waals surface area (Å²) in [5.74, 6) is -0.599. The maximum atomic E-state index is 11.5. The molecule has 0 spiro atoms. The van der Waals surface area contributed by atoms with E-state index in [4.69, 9.17) is 4.74 Å². The standard InChI is InChI=1S/C9H17NO4S/c1-7(2)14-9(11)8-4-5-10(6-8)15(3,12)13/h7-8H,4-6H2,1-3H3. The first kappa shape index (κ1) is 12.4. The van der Waals surface area contributed by atoms with Crippen molar-refractivity contribution in [3.05, 3.63) is 0 Å². The Morgan fingerprint density at radius 1 is 1.47 bits per heavy atom. The molecule has 1 unspecified atom stereocenters. The highest BCUT2D eigenvalue weighted by Crippen LogP contribution is 2.20. The molecule has 5 nitrogen and oxygen atoms in total. The molecule has 1 aliphatic heterocycles. The van der Waals surface area contributed by atoms with Crippen molar-refractivity contribution in [2.45, 2.75) is 26.4 Å². The van der Waals surface area contributed by atoms with Crippen LogP contribution in [0.2, 0.25) is 0 Å². The van der Waals surface area contributed by atoms with Crippen LogP contribution in [0.4, 0.5) is 0 Å². The molecule has 0 aromatic heterocycles. The van der Waals surface area contributed by atoms with Crippen molar-refractivity contribution in [3.8, 4) is 0 Å². The third-order valence-electron chi connectivity index (χ3n) is 2.31. The fraction of sp³-hybridized carbons (Fsp3) is 0.889. The summed E-state index contributed by atoms with van der Waals surface area (Å²) in [6.45, 7) is 4.23. The molecule has 1 heterocycles. The van der Waals surface area contributed by atoms with Crippen LogP contribution in [0.3, 0.4) is 0 Å². The van der Waals surface area contributed by atoms with Gasteiger partial charge in [0.25, 0.3) is 0 Å². The molecule has 88 valence electrons. The van der Waals surface area contributed by atoms with Gasteiger partial charge in [-0.1, -0.05) is 0 Å². The van der Waals surface area contributed by atoms with Gasteiger partial charge in [0.15, 0.2) is 0 Å². The second kappa shape index (κ2) is 4.49. The molecule has 15 heavy (non-hydrogen) atoms. The maximum absolute atomic E-state index is 11.5. The molecule has 0 bridgehead atoms. The number of carbonyl (C=O) groups excluding carboxylic acids is 1. The Bertz CT molecular complexity index is 336. The molecule has 1 rings (SSSR count). The van der Waals surface area contributed by atoms with Crippen LogP contribution in [0.1, 0.15) is 20.3 Å². The van der Waals surface area contributed by atoms with E-state index in [9.17, 15) is 13.2 Å². The molecule has 1 aliphatic rings. The number of ether oxygens (including phenoxy) is 1. The summed E-state index contributed by atoms with van der Waals surface area (Å²) in [5.41, 5.74) is 0. The van der Waals surface area contributed by atoms with E-state index in [0.29, 0.717) is 13.0 Å². The lowest BCUT2D eigenvalue weighted by Gasteiger charge is -2.14. The lowest BCUT2D eigenvalue weighted by atomic mass is 10.1. The van der Waals surface area contributed by atoms with E-state index in [1.807, 2.05) is 0 Å². The molecule has 0 aliphatic carbocycles. The molecular weight excluding hydrogens is 218 g/mol. The average molecular weight is 235 g/mol. The normalized spacial score (nSPS) is 23.3. The highest BCUT2D eigenvalue weighted by molar-refractivity contribution is 7.88. The predicted octanol–water partition coefficient (Wildman–Crippen LogP) is 0.220. The summed E-state index contributed by atoms with van der Waals surface area (Å²) < 4.78 is 28.7. The quantitative estimate of drug-likeness (QED) is 0.656. The molecule has 0 N–H and O–H groups in total. The summed E-state index contributed by atoms with van der Waals surface area (Å²) in [6.07, 6.45) is 1.56. The molecule has 1 saturated heterocycles. The molecule has 0 aromatic carbocycles. The molecule has 0 saturated carbocycles. The molecule has 1 fully saturated rings. The van der Waals surface area contributed by atoms with Crippen LogP contribution in [-0.4, -0.2) is 44.1 Å². The number of rotatable bonds is 3. The van der Waals surface area contributed by atoms with Crippen molar-refractivity contribution in [3.63, 3.8) is 0 Å². The van der Waals surface area contributed by atoms with E-state index in [-0.39, 0.29) is 24.5 Å². The maximum Gasteiger partial charge on any atom is 0.310 e. The van der Waals surface area contributed by atoms with Crippen molar-refractivity contribution in [1.29, 1.82) is 0 Å². The summed E-state index contributed by atoms with van der Waals surface area (Å²) in [7, 11) is -3.17. The zero-order valence-corrected chi connectivity index (χ0v) is 10.1. The van der Waals surface area contributed by atoms with Gasteiger partial charge in [0.1, 0.15) is 0 Å². The van der Waals surface area contributed by atoms with E-state index < -0.39 is 10.0 Å². The SMILES string of the molecule is CC(C)OC(=O)C1CCN(S(C)(=O)=O)C1. The van der Waals surface area contributed by atoms with E-state index in [2.05, 4.69) is 0 Å². The zero-order chi connectivity index (χ0) is 11.6. The van der Waals surface area contributed by atoms with Gasteiger partial charge in [0.2, 0.25) is 10.0 Å². The van der Waals surface area contributed by atoms with Gasteiger partial charge < -0.3 is 4.74 Å². The minimum atomic E-state index is -3.17. The predicted molar refractivity (Wildman–Crippen MR) is 55.8 cm³/mol. The van der Waals surface area contributed by atoms with Crippen LogP contribution in [0, 0.1) is 5.92 Å². The number of nitrogens with zero attached hydrogens (tertiary/aromatic N) is 1. The van der Waals surface area contributed by atoms with Crippen LogP contribution in [0.15, 0.2) is 0 Å². The smallest absolute Gasteiger partial charge is 0.310 e. The van der Waals surface area contributed by atoms with Crippen LogP contribution < -0.4 is 0 Å². The van der Waals surface area contributed by atoms with Crippen molar-refractivity contribution in [2.75, 3.05) is 19.3 Å². The topological polar surface area (TPSA) is 63.7 Å². The lowest BCUT2D eigenvalue weighted by Crippen LogP contribution is -2.29. The van der Waals surface area contributed by atoms with Crippen LogP contribution in [0.5, 0.6) is 0 Å². The number of carbonyl (C=O) groups is 1. The van der Waals surface area contributed by atoms with Crippen LogP contribution >= 0.6 is 0 Å². The second-order valence-corrected chi connectivity index (χ2v) is 6.07. The zero-order valence-electron chi connectivity index (χ0n) is 9.26. The molecule has 0 radical (unpaired) electrons. The fourth-order valence-corrected chi connectivity index (χ4v) is 2.44. The third kappa shape index (κ3) is 3.46. The van der Waals surface area contributed by atoms with Gasteiger partial charge in [0, 0.05) is 13.1 Å². The van der Waals surface area contributed by atoms with Gasteiger partial charge in [0.05, 0.1) is 18.3 Å². The third-order valence-corrected chi connectivity index (χ3v) is 3.57. The lowest BCUT2D eigenvalue weighted by molar-refractivity contribution is -0.151. The number of sulfonamides is 1. The fourth-order valence-electron chi connectivity index (χ4n) is 1.55. The Morgan fingerprint density at radius 2 is 2.07 bits per heavy atom. The number of hydrogen-bond donors (Lipinski definition) is 0. The monoisotopic (exact) mass is 235 g/mol. The van der Waals surface area contributed by atoms with E-state index in [1.54, 1.807) is 13.8 Å². The van der Waals surface area contributed by atoms with Crippen molar-refractivity contribution in [2.24, 2.45) is 5.92 Å². The minimum Gasteiger partial charge on any atom is -0.463 e. The Morgan fingerprint density at radius 3 is 2.47 bits per heavy atom. The van der Waals surface area contributed by atoms with Crippen LogP contribution in [0.25, 0.3) is 0 Å². The van der Waals surface area contributed by atoms with Gasteiger partial charge >= 0.3 is 5.97 Å². The Balaban J connectivity index is 2.53. The Labute approximate surface area is 90.4 Å². The van der Waals surface area contributed by atoms with Gasteiger partial charge in [-0.3, -0.25) is 4.79 Å². The van der Waals surface area contributed by atoms with Gasteiger partial charge in [-0.25, -0.2) is 12.7 Å². The first-order valence-electron chi connectivity index (χ1n) is 4.96. The molecule has 0 amide bonds. The molecule has 6 heteroatoms. The van der Waals surface area contributed by atoms with Crippen molar-refractivity contribution < 1.29 is 17.9 Å². The largest absolute Gasteiger partial charge is 0.463 e. The first-order chi connectivity index (χ1) is 6.80. The van der Waals surface area contributed by atoms with Crippen LogP contribution in [-0.2, 0) is 19.6 Å². The van der Waals surface area contributed by atoms with Crippen molar-refractivity contribution in [1.82, 2.24) is 4.31 Å². The van der Waals surface area contributed by atoms with E-state index >= 15 is 0 Å². The second-order valence-electron chi connectivity index (χ2n) is 4.09. The molecular formula is C9H17NO4S. The van der Waals surface area contributed by atoms with Gasteiger partial charge in [-0.05, 0) is 20.3 Å². The van der Waals surface area contributed by atoms with E-state index in [1.165, 1.54) is 4.31 Å². The average Bonchev–Trinajstić information content (AvgIpc) is 2.48. The Kier molecular flexibility index (Phi) is 3.72. The minimum absolute atomic E-state index is 0.148. The summed E-state index contributed by atoms with van der Waals surface area (Å²) in [5, 5.41) is 0. The molecule has 1 atom stereocenters. The van der Waals surface area contributed by atoms with Gasteiger partial charge in [-0.15, -0.1) is 0 Å². The highest BCUT2D eigenvalue weighted by atomic mass is 32.2.